The zero-order valence-electron chi connectivity index (χ0n) is 27.0. The third-order valence-electron chi connectivity index (χ3n) is 9.59. The summed E-state index contributed by atoms with van der Waals surface area (Å²) in [5.41, 5.74) is 10.2. The first-order valence-electron chi connectivity index (χ1n) is 16.8. The molecule has 0 saturated heterocycles. The molecule has 0 unspecified atom stereocenters. The number of benzene rings is 8. The Morgan fingerprint density at radius 1 is 0.320 bits per heavy atom. The van der Waals surface area contributed by atoms with Gasteiger partial charge < -0.3 is 19.0 Å². The standard InChI is InChI=1S/C46H30N2O2/c1-5-14-31(15-6-1)47(32-16-7-2-8-17-32)35-24-26-37-40-30-44-45(39-22-13-23-41(46(39)40)49-42(37)28-35)38-27-25-36(29-43(38)50-44)48(33-18-9-3-10-19-33)34-20-11-4-12-21-34/h1-30H. The lowest BCUT2D eigenvalue weighted by molar-refractivity contribution is 0.487. The highest BCUT2D eigenvalue weighted by Gasteiger charge is 2.26. The van der Waals surface area contributed by atoms with Gasteiger partial charge in [-0.15, -0.1) is 0 Å². The van der Waals surface area contributed by atoms with Gasteiger partial charge in [0.25, 0.3) is 0 Å². The summed E-state index contributed by atoms with van der Waals surface area (Å²) in [5, 5.41) is 4.40. The molecule has 0 amide bonds. The van der Waals surface area contributed by atoms with Crippen molar-refractivity contribution in [2.75, 3.05) is 9.80 Å². The van der Waals surface area contributed by atoms with E-state index in [0.29, 0.717) is 0 Å². The lowest BCUT2D eigenvalue weighted by Gasteiger charge is -2.28. The first kappa shape index (κ1) is 28.3. The van der Waals surface area contributed by atoms with Crippen LogP contribution >= 0.6 is 0 Å². The van der Waals surface area contributed by atoms with Crippen molar-refractivity contribution in [1.82, 2.24) is 0 Å². The Hall–Kier alpha value is -6.78. The lowest BCUT2D eigenvalue weighted by atomic mass is 9.92. The Morgan fingerprint density at radius 2 is 0.860 bits per heavy atom. The molecule has 0 fully saturated rings. The average Bonchev–Trinajstić information content (AvgIpc) is 3.55. The minimum Gasteiger partial charge on any atom is -0.456 e. The smallest absolute Gasteiger partial charge is 0.137 e. The maximum Gasteiger partial charge on any atom is 0.137 e. The third kappa shape index (κ3) is 4.54. The van der Waals surface area contributed by atoms with E-state index in [9.17, 15) is 0 Å². The zero-order valence-corrected chi connectivity index (χ0v) is 27.0. The molecule has 1 aliphatic rings. The summed E-state index contributed by atoms with van der Waals surface area (Å²) >= 11 is 0. The van der Waals surface area contributed by atoms with Crippen LogP contribution in [0.15, 0.2) is 186 Å². The van der Waals surface area contributed by atoms with E-state index in [1.54, 1.807) is 0 Å². The average molecular weight is 643 g/mol. The minimum absolute atomic E-state index is 0.818. The molecule has 4 nitrogen and oxygen atoms in total. The second kappa shape index (κ2) is 11.4. The van der Waals surface area contributed by atoms with Crippen molar-refractivity contribution in [2.24, 2.45) is 0 Å². The number of anilines is 6. The number of para-hydroxylation sites is 4. The molecular formula is C46H30N2O2. The topological polar surface area (TPSA) is 28.9 Å². The van der Waals surface area contributed by atoms with E-state index < -0.39 is 0 Å². The first-order valence-corrected chi connectivity index (χ1v) is 16.8. The van der Waals surface area contributed by atoms with E-state index in [1.165, 1.54) is 0 Å². The second-order valence-corrected chi connectivity index (χ2v) is 12.6. The molecule has 1 aromatic heterocycles. The molecular weight excluding hydrogens is 613 g/mol. The Morgan fingerprint density at radius 3 is 1.44 bits per heavy atom. The van der Waals surface area contributed by atoms with E-state index in [-0.39, 0.29) is 0 Å². The zero-order chi connectivity index (χ0) is 33.0. The van der Waals surface area contributed by atoms with E-state index in [0.717, 1.165) is 89.5 Å². The summed E-state index contributed by atoms with van der Waals surface area (Å²) in [4.78, 5) is 4.52. The van der Waals surface area contributed by atoms with Crippen molar-refractivity contribution in [3.05, 3.63) is 182 Å². The molecule has 50 heavy (non-hydrogen) atoms. The van der Waals surface area contributed by atoms with E-state index in [1.807, 2.05) is 24.3 Å². The van der Waals surface area contributed by atoms with Gasteiger partial charge in [-0.2, -0.15) is 0 Å². The van der Waals surface area contributed by atoms with Gasteiger partial charge in [0.05, 0.1) is 0 Å². The van der Waals surface area contributed by atoms with Crippen molar-refractivity contribution < 1.29 is 9.15 Å². The van der Waals surface area contributed by atoms with E-state index >= 15 is 0 Å². The minimum atomic E-state index is 0.818. The van der Waals surface area contributed by atoms with Crippen LogP contribution in [-0.2, 0) is 0 Å². The Labute approximate surface area is 289 Å². The number of hydrogen-bond acceptors (Lipinski definition) is 4. The number of nitrogens with zero attached hydrogens (tertiary/aromatic N) is 2. The van der Waals surface area contributed by atoms with Gasteiger partial charge in [-0.25, -0.2) is 0 Å². The van der Waals surface area contributed by atoms with Crippen LogP contribution in [0.5, 0.6) is 11.5 Å². The summed E-state index contributed by atoms with van der Waals surface area (Å²) in [5.74, 6) is 1.67. The van der Waals surface area contributed by atoms with Crippen molar-refractivity contribution >= 4 is 66.8 Å². The molecule has 9 aromatic rings. The molecule has 0 radical (unpaired) electrons. The van der Waals surface area contributed by atoms with Crippen LogP contribution in [-0.4, -0.2) is 0 Å². The summed E-state index contributed by atoms with van der Waals surface area (Å²) in [6, 6.07) is 63.4. The SMILES string of the molecule is c1ccc(N(c2ccccc2)c2ccc3c(c2)Oc2cccc4c2c-3cc2oc3cc(N(c5ccccc5)c5ccccc5)ccc3c24)cc1. The van der Waals surface area contributed by atoms with E-state index in [4.69, 9.17) is 9.15 Å². The van der Waals surface area contributed by atoms with Crippen LogP contribution in [0.2, 0.25) is 0 Å². The van der Waals surface area contributed by atoms with E-state index in [2.05, 4.69) is 168 Å². The van der Waals surface area contributed by atoms with Crippen LogP contribution in [0.25, 0.3) is 43.8 Å². The predicted octanol–water partition coefficient (Wildman–Crippen LogP) is 13.5. The second-order valence-electron chi connectivity index (χ2n) is 12.6. The van der Waals surface area contributed by atoms with Gasteiger partial charge in [-0.1, -0.05) is 84.9 Å². The van der Waals surface area contributed by atoms with Gasteiger partial charge in [0, 0.05) is 73.5 Å². The molecule has 0 spiro atoms. The van der Waals surface area contributed by atoms with Crippen LogP contribution in [0.1, 0.15) is 0 Å². The normalized spacial score (nSPS) is 11.8. The Bertz CT molecular complexity index is 2590. The monoisotopic (exact) mass is 642 g/mol. The van der Waals surface area contributed by atoms with Crippen molar-refractivity contribution in [3.8, 4) is 22.6 Å². The number of furan rings is 1. The summed E-state index contributed by atoms with van der Waals surface area (Å²) in [6.07, 6.45) is 0. The molecule has 0 N–H and O–H groups in total. The van der Waals surface area contributed by atoms with Crippen LogP contribution < -0.4 is 14.5 Å². The van der Waals surface area contributed by atoms with Crippen molar-refractivity contribution in [3.63, 3.8) is 0 Å². The summed E-state index contributed by atoms with van der Waals surface area (Å²) in [7, 11) is 0. The van der Waals surface area contributed by atoms with Crippen LogP contribution in [0, 0.1) is 0 Å². The maximum absolute atomic E-state index is 6.75. The molecule has 0 atom stereocenters. The number of ether oxygens (including phenoxy) is 1. The highest BCUT2D eigenvalue weighted by molar-refractivity contribution is 6.24. The van der Waals surface area contributed by atoms with Gasteiger partial charge >= 0.3 is 0 Å². The van der Waals surface area contributed by atoms with Crippen molar-refractivity contribution in [1.29, 1.82) is 0 Å². The highest BCUT2D eigenvalue weighted by atomic mass is 16.5. The largest absolute Gasteiger partial charge is 0.456 e. The van der Waals surface area contributed by atoms with Gasteiger partial charge in [0.1, 0.15) is 22.7 Å². The van der Waals surface area contributed by atoms with Gasteiger partial charge in [0.15, 0.2) is 0 Å². The molecule has 4 heteroatoms. The Balaban J connectivity index is 1.13. The molecule has 236 valence electrons. The quantitative estimate of drug-likeness (QED) is 0.180. The maximum atomic E-state index is 6.75. The summed E-state index contributed by atoms with van der Waals surface area (Å²) in [6.45, 7) is 0. The highest BCUT2D eigenvalue weighted by Crippen LogP contribution is 2.52. The van der Waals surface area contributed by atoms with Gasteiger partial charge in [-0.05, 0) is 90.3 Å². The van der Waals surface area contributed by atoms with Crippen molar-refractivity contribution in [2.45, 2.75) is 0 Å². The fraction of sp³-hybridized carbons (Fsp3) is 0. The van der Waals surface area contributed by atoms with Gasteiger partial charge in [-0.3, -0.25) is 0 Å². The molecule has 1 aliphatic heterocycles. The fourth-order valence-electron chi connectivity index (χ4n) is 7.42. The Kier molecular flexibility index (Phi) is 6.46. The fourth-order valence-corrected chi connectivity index (χ4v) is 7.42. The lowest BCUT2D eigenvalue weighted by Crippen LogP contribution is -2.10. The number of fused-ring (bicyclic) bond motifs is 6. The number of rotatable bonds is 6. The molecule has 0 saturated carbocycles. The molecule has 2 heterocycles. The third-order valence-corrected chi connectivity index (χ3v) is 9.59. The molecule has 8 aromatic carbocycles. The molecule has 0 aliphatic carbocycles. The van der Waals surface area contributed by atoms with Gasteiger partial charge in [0.2, 0.25) is 0 Å². The predicted molar refractivity (Wildman–Crippen MR) is 206 cm³/mol. The summed E-state index contributed by atoms with van der Waals surface area (Å²) < 4.78 is 13.5. The van der Waals surface area contributed by atoms with Crippen LogP contribution in [0.3, 0.4) is 0 Å². The number of hydrogen-bond donors (Lipinski definition) is 0. The van der Waals surface area contributed by atoms with Crippen LogP contribution in [0.4, 0.5) is 34.1 Å². The molecule has 10 rings (SSSR count). The molecule has 0 bridgehead atoms. The first-order chi connectivity index (χ1) is 24.8.